The molecule has 1 saturated heterocycles. The van der Waals surface area contributed by atoms with Crippen LogP contribution in [0.4, 0.5) is 0 Å². The van der Waals surface area contributed by atoms with Gasteiger partial charge in [-0.05, 0) is 6.42 Å². The van der Waals surface area contributed by atoms with Crippen molar-refractivity contribution in [2.45, 2.75) is 12.5 Å². The van der Waals surface area contributed by atoms with Crippen molar-refractivity contribution in [3.05, 3.63) is 18.0 Å². The summed E-state index contributed by atoms with van der Waals surface area (Å²) in [6.07, 6.45) is 5.59. The molecule has 0 aromatic carbocycles. The Kier molecular flexibility index (Phi) is 9.10. The van der Waals surface area contributed by atoms with Crippen LogP contribution in [0.3, 0.4) is 0 Å². The first-order valence-electron chi connectivity index (χ1n) is 7.89. The van der Waals surface area contributed by atoms with Crippen molar-refractivity contribution < 1.29 is 13.2 Å². The minimum atomic E-state index is -3.13. The number of hydrogen-bond acceptors (Lipinski definition) is 5. The average Bonchev–Trinajstić information content (AvgIpc) is 2.96. The molecule has 1 aromatic heterocycles. The van der Waals surface area contributed by atoms with E-state index in [1.54, 1.807) is 11.7 Å². The molecule has 1 aliphatic rings. The molecule has 1 atom stereocenters. The molecule has 1 unspecified atom stereocenters. The zero-order valence-electron chi connectivity index (χ0n) is 14.8. The first-order valence-corrected chi connectivity index (χ1v) is 9.78. The van der Waals surface area contributed by atoms with Gasteiger partial charge in [-0.2, -0.15) is 5.10 Å². The van der Waals surface area contributed by atoms with Crippen molar-refractivity contribution in [1.82, 2.24) is 24.7 Å². The lowest BCUT2D eigenvalue weighted by atomic mass is 10.1. The molecule has 0 saturated carbocycles. The highest BCUT2D eigenvalue weighted by Crippen LogP contribution is 2.21. The minimum Gasteiger partial charge on any atom is -0.370 e. The largest absolute Gasteiger partial charge is 0.370 e. The summed E-state index contributed by atoms with van der Waals surface area (Å²) in [5.41, 5.74) is 1.05. The average molecular weight is 486 g/mol. The molecule has 0 aliphatic carbocycles. The smallest absolute Gasteiger partial charge is 0.208 e. The summed E-state index contributed by atoms with van der Waals surface area (Å²) in [6, 6.07) is 0. The van der Waals surface area contributed by atoms with Crippen molar-refractivity contribution in [1.29, 1.82) is 0 Å². The number of rotatable bonds is 6. The van der Waals surface area contributed by atoms with Crippen LogP contribution in [-0.2, 0) is 21.8 Å². The lowest BCUT2D eigenvalue weighted by Crippen LogP contribution is -2.48. The third-order valence-electron chi connectivity index (χ3n) is 3.68. The van der Waals surface area contributed by atoms with Gasteiger partial charge in [0.25, 0.3) is 0 Å². The molecule has 11 heteroatoms. The molecule has 25 heavy (non-hydrogen) atoms. The van der Waals surface area contributed by atoms with Gasteiger partial charge >= 0.3 is 0 Å². The summed E-state index contributed by atoms with van der Waals surface area (Å²) >= 11 is 0. The number of ether oxygens (including phenoxy) is 1. The van der Waals surface area contributed by atoms with E-state index in [1.165, 1.54) is 0 Å². The zero-order valence-corrected chi connectivity index (χ0v) is 18.0. The van der Waals surface area contributed by atoms with Crippen molar-refractivity contribution >= 4 is 40.0 Å². The first-order chi connectivity index (χ1) is 11.4. The van der Waals surface area contributed by atoms with Crippen LogP contribution in [0.15, 0.2) is 17.4 Å². The normalized spacial score (nSPS) is 18.8. The lowest BCUT2D eigenvalue weighted by molar-refractivity contribution is -0.00801. The highest BCUT2D eigenvalue weighted by atomic mass is 127. The van der Waals surface area contributed by atoms with E-state index in [0.29, 0.717) is 32.7 Å². The van der Waals surface area contributed by atoms with Gasteiger partial charge < -0.3 is 15.0 Å². The number of nitrogens with zero attached hydrogens (tertiary/aromatic N) is 4. The summed E-state index contributed by atoms with van der Waals surface area (Å²) in [4.78, 5) is 6.45. The second-order valence-electron chi connectivity index (χ2n) is 5.75. The molecule has 0 spiro atoms. The van der Waals surface area contributed by atoms with Crippen molar-refractivity contribution in [2.75, 3.05) is 46.1 Å². The summed E-state index contributed by atoms with van der Waals surface area (Å²) in [7, 11) is 0.496. The molecule has 2 rings (SSSR count). The van der Waals surface area contributed by atoms with Crippen LogP contribution in [-0.4, -0.2) is 75.1 Å². The van der Waals surface area contributed by atoms with E-state index in [0.717, 1.165) is 24.3 Å². The number of morpholine rings is 1. The molecule has 144 valence electrons. The van der Waals surface area contributed by atoms with Crippen molar-refractivity contribution in [3.63, 3.8) is 0 Å². The first kappa shape index (κ1) is 22.1. The molecule has 2 N–H and O–H groups in total. The molecule has 1 aliphatic heterocycles. The fourth-order valence-electron chi connectivity index (χ4n) is 2.53. The number of hydrogen-bond donors (Lipinski definition) is 2. The fourth-order valence-corrected chi connectivity index (χ4v) is 3.04. The monoisotopic (exact) mass is 486 g/mol. The van der Waals surface area contributed by atoms with E-state index < -0.39 is 10.0 Å². The molecule has 0 radical (unpaired) electrons. The van der Waals surface area contributed by atoms with Crippen molar-refractivity contribution in [2.24, 2.45) is 12.0 Å². The SMILES string of the molecule is CN=C(NCCCNS(C)(=O)=O)N1CCOC(c2cnn(C)c2)C1.I. The second-order valence-corrected chi connectivity index (χ2v) is 7.58. The quantitative estimate of drug-likeness (QED) is 0.253. The Morgan fingerprint density at radius 1 is 1.48 bits per heavy atom. The maximum absolute atomic E-state index is 11.0. The Bertz CT molecular complexity index is 663. The number of aryl methyl sites for hydroxylation is 1. The lowest BCUT2D eigenvalue weighted by Gasteiger charge is -2.34. The van der Waals surface area contributed by atoms with E-state index in [1.807, 2.05) is 19.4 Å². The van der Waals surface area contributed by atoms with Gasteiger partial charge in [0.05, 0.1) is 25.6 Å². The molecular weight excluding hydrogens is 459 g/mol. The Morgan fingerprint density at radius 2 is 2.24 bits per heavy atom. The predicted octanol–water partition coefficient (Wildman–Crippen LogP) is -0.0739. The zero-order chi connectivity index (χ0) is 17.6. The number of sulfonamides is 1. The van der Waals surface area contributed by atoms with E-state index >= 15 is 0 Å². The standard InChI is InChI=1S/C14H26N6O3S.HI/c1-15-14(16-5-4-6-18-24(3,21)22)20-7-8-23-13(11-20)12-9-17-19(2)10-12;/h9-10,13,18H,4-8,11H2,1-3H3,(H,15,16);1H. The number of aliphatic imine (C=N–C) groups is 1. The third kappa shape index (κ3) is 7.46. The predicted molar refractivity (Wildman–Crippen MR) is 108 cm³/mol. The second kappa shape index (κ2) is 10.3. The van der Waals surface area contributed by atoms with Crippen LogP contribution in [0.25, 0.3) is 0 Å². The Labute approximate surface area is 166 Å². The van der Waals surface area contributed by atoms with E-state index in [-0.39, 0.29) is 30.1 Å². The van der Waals surface area contributed by atoms with Gasteiger partial charge in [0.2, 0.25) is 10.0 Å². The number of aromatic nitrogens is 2. The molecule has 2 heterocycles. The summed E-state index contributed by atoms with van der Waals surface area (Å²) in [6.45, 7) is 3.13. The van der Waals surface area contributed by atoms with Crippen LogP contribution >= 0.6 is 24.0 Å². The maximum Gasteiger partial charge on any atom is 0.208 e. The Hall–Kier alpha value is -0.920. The Balaban J connectivity index is 0.00000312. The van der Waals surface area contributed by atoms with Crippen LogP contribution in [0.2, 0.25) is 0 Å². The molecule has 1 fully saturated rings. The van der Waals surface area contributed by atoms with E-state index in [4.69, 9.17) is 4.74 Å². The van der Waals surface area contributed by atoms with Gasteiger partial charge in [-0.1, -0.05) is 0 Å². The van der Waals surface area contributed by atoms with Crippen LogP contribution in [0.1, 0.15) is 18.1 Å². The minimum absolute atomic E-state index is 0. The van der Waals surface area contributed by atoms with Gasteiger partial charge in [0.1, 0.15) is 6.10 Å². The van der Waals surface area contributed by atoms with Crippen molar-refractivity contribution in [3.8, 4) is 0 Å². The highest BCUT2D eigenvalue weighted by Gasteiger charge is 2.24. The fraction of sp³-hybridized carbons (Fsp3) is 0.714. The molecule has 9 nitrogen and oxygen atoms in total. The van der Waals surface area contributed by atoms with Gasteiger partial charge in [0.15, 0.2) is 5.96 Å². The van der Waals surface area contributed by atoms with Crippen LogP contribution < -0.4 is 10.0 Å². The van der Waals surface area contributed by atoms with Gasteiger partial charge in [-0.25, -0.2) is 13.1 Å². The number of nitrogens with one attached hydrogen (secondary N) is 2. The summed E-state index contributed by atoms with van der Waals surface area (Å²) in [5.74, 6) is 0.798. The summed E-state index contributed by atoms with van der Waals surface area (Å²) in [5, 5.41) is 7.46. The maximum atomic E-state index is 11.0. The molecule has 0 amide bonds. The Morgan fingerprint density at radius 3 is 2.84 bits per heavy atom. The van der Waals surface area contributed by atoms with Gasteiger partial charge in [0, 0.05) is 45.5 Å². The molecule has 1 aromatic rings. The van der Waals surface area contributed by atoms with Crippen LogP contribution in [0.5, 0.6) is 0 Å². The summed E-state index contributed by atoms with van der Waals surface area (Å²) < 4.78 is 32.1. The van der Waals surface area contributed by atoms with Crippen LogP contribution in [0, 0.1) is 0 Å². The third-order valence-corrected chi connectivity index (χ3v) is 4.40. The van der Waals surface area contributed by atoms with Gasteiger partial charge in [-0.3, -0.25) is 9.67 Å². The molecule has 0 bridgehead atoms. The van der Waals surface area contributed by atoms with Gasteiger partial charge in [-0.15, -0.1) is 24.0 Å². The number of guanidine groups is 1. The van der Waals surface area contributed by atoms with E-state index in [2.05, 4.69) is 25.0 Å². The molecular formula is C14H27IN6O3S. The number of halogens is 1. The topological polar surface area (TPSA) is 101 Å². The van der Waals surface area contributed by atoms with E-state index in [9.17, 15) is 8.42 Å². The highest BCUT2D eigenvalue weighted by molar-refractivity contribution is 14.0.